The van der Waals surface area contributed by atoms with Gasteiger partial charge in [0.2, 0.25) is 9.84 Å². The van der Waals surface area contributed by atoms with Gasteiger partial charge in [0.25, 0.3) is 0 Å². The van der Waals surface area contributed by atoms with Crippen LogP contribution in [0.1, 0.15) is 19.8 Å². The molecular formula is C14H20F2N2O2S. The van der Waals surface area contributed by atoms with Gasteiger partial charge in [-0.25, -0.2) is 8.42 Å². The summed E-state index contributed by atoms with van der Waals surface area (Å²) in [6.45, 7) is 3.21. The molecule has 0 saturated carbocycles. The highest BCUT2D eigenvalue weighted by Crippen LogP contribution is 2.32. The lowest BCUT2D eigenvalue weighted by Crippen LogP contribution is -2.40. The van der Waals surface area contributed by atoms with Gasteiger partial charge < -0.3 is 10.6 Å². The molecule has 0 aliphatic carbocycles. The Hall–Kier alpha value is -1.21. The van der Waals surface area contributed by atoms with Gasteiger partial charge in [0.15, 0.2) is 0 Å². The van der Waals surface area contributed by atoms with Gasteiger partial charge in [-0.3, -0.25) is 0 Å². The summed E-state index contributed by atoms with van der Waals surface area (Å²) in [5.74, 6) is -3.01. The van der Waals surface area contributed by atoms with Crippen LogP contribution < -0.4 is 10.6 Å². The summed E-state index contributed by atoms with van der Waals surface area (Å²) in [5.41, 5.74) is 6.24. The van der Waals surface area contributed by atoms with Crippen molar-refractivity contribution >= 4 is 15.5 Å². The van der Waals surface area contributed by atoms with Crippen molar-refractivity contribution in [3.63, 3.8) is 0 Å². The van der Waals surface area contributed by atoms with Crippen LogP contribution in [0.15, 0.2) is 29.2 Å². The number of nitrogens with two attached hydrogens (primary N) is 1. The predicted molar refractivity (Wildman–Crippen MR) is 78.2 cm³/mol. The van der Waals surface area contributed by atoms with Crippen LogP contribution in [0.2, 0.25) is 0 Å². The number of piperidine rings is 1. The van der Waals surface area contributed by atoms with Gasteiger partial charge in [-0.1, -0.05) is 12.1 Å². The molecule has 2 N–H and O–H groups in total. The largest absolute Gasteiger partial charge is 0.370 e. The fraction of sp³-hybridized carbons (Fsp3) is 0.571. The molecule has 21 heavy (non-hydrogen) atoms. The lowest BCUT2D eigenvalue weighted by Gasteiger charge is -2.36. The van der Waals surface area contributed by atoms with E-state index in [0.717, 1.165) is 12.8 Å². The number of benzene rings is 1. The van der Waals surface area contributed by atoms with Gasteiger partial charge in [-0.05, 0) is 37.8 Å². The highest BCUT2D eigenvalue weighted by molar-refractivity contribution is 7.91. The minimum absolute atomic E-state index is 0.0900. The summed E-state index contributed by atoms with van der Waals surface area (Å²) in [6.07, 6.45) is 1.67. The first-order valence-corrected chi connectivity index (χ1v) is 8.50. The molecule has 0 amide bonds. The lowest BCUT2D eigenvalue weighted by atomic mass is 9.91. The molecule has 0 aromatic heterocycles. The van der Waals surface area contributed by atoms with E-state index in [1.165, 1.54) is 12.1 Å². The zero-order valence-electron chi connectivity index (χ0n) is 11.9. The van der Waals surface area contributed by atoms with Crippen molar-refractivity contribution in [1.82, 2.24) is 0 Å². The molecule has 0 bridgehead atoms. The van der Waals surface area contributed by atoms with Crippen LogP contribution in [0.5, 0.6) is 0 Å². The number of halogens is 2. The topological polar surface area (TPSA) is 63.4 Å². The molecule has 2 rings (SSSR count). The first-order valence-electron chi connectivity index (χ1n) is 6.95. The second-order valence-electron chi connectivity index (χ2n) is 5.46. The van der Waals surface area contributed by atoms with Gasteiger partial charge in [0.05, 0.1) is 10.6 Å². The number of sulfone groups is 1. The number of anilines is 1. The Balaban J connectivity index is 2.27. The Morgan fingerprint density at radius 2 is 1.81 bits per heavy atom. The van der Waals surface area contributed by atoms with E-state index in [-0.39, 0.29) is 10.9 Å². The highest BCUT2D eigenvalue weighted by Gasteiger charge is 2.31. The van der Waals surface area contributed by atoms with Crippen LogP contribution in [0.25, 0.3) is 0 Å². The average Bonchev–Trinajstić information content (AvgIpc) is 2.47. The second kappa shape index (κ2) is 6.27. The van der Waals surface area contributed by atoms with E-state index in [2.05, 4.69) is 0 Å². The zero-order chi connectivity index (χ0) is 15.6. The van der Waals surface area contributed by atoms with Crippen LogP contribution in [0.4, 0.5) is 14.5 Å². The minimum atomic E-state index is -4.59. The van der Waals surface area contributed by atoms with E-state index < -0.39 is 15.6 Å². The summed E-state index contributed by atoms with van der Waals surface area (Å²) >= 11 is 0. The molecule has 1 heterocycles. The monoisotopic (exact) mass is 318 g/mol. The third kappa shape index (κ3) is 3.35. The summed E-state index contributed by atoms with van der Waals surface area (Å²) in [6, 6.07) is 6.05. The molecular weight excluding hydrogens is 298 g/mol. The molecule has 1 fully saturated rings. The van der Waals surface area contributed by atoms with Crippen LogP contribution in [0, 0.1) is 5.92 Å². The van der Waals surface area contributed by atoms with Crippen molar-refractivity contribution in [1.29, 1.82) is 0 Å². The normalized spacial score (nSPS) is 19.0. The third-order valence-electron chi connectivity index (χ3n) is 4.03. The molecule has 1 atom stereocenters. The lowest BCUT2D eigenvalue weighted by molar-refractivity contribution is 0.234. The van der Waals surface area contributed by atoms with Crippen LogP contribution >= 0.6 is 0 Å². The Bertz CT molecular complexity index is 582. The smallest absolute Gasteiger partial charge is 0.341 e. The van der Waals surface area contributed by atoms with Gasteiger partial charge in [0.1, 0.15) is 0 Å². The maximum atomic E-state index is 12.8. The number of hydrogen-bond acceptors (Lipinski definition) is 4. The molecule has 118 valence electrons. The fourth-order valence-corrected chi connectivity index (χ4v) is 3.67. The van der Waals surface area contributed by atoms with E-state index in [4.69, 9.17) is 5.73 Å². The average molecular weight is 318 g/mol. The van der Waals surface area contributed by atoms with E-state index >= 15 is 0 Å². The summed E-state index contributed by atoms with van der Waals surface area (Å²) in [5, 5.41) is 0. The van der Waals surface area contributed by atoms with Gasteiger partial charge in [-0.15, -0.1) is 0 Å². The SMILES string of the molecule is CC(N)C1CCN(c2ccccc2S(=O)(=O)C(F)F)CC1. The molecule has 0 radical (unpaired) electrons. The Kier molecular flexibility index (Phi) is 4.83. The molecule has 1 aromatic carbocycles. The van der Waals surface area contributed by atoms with Gasteiger partial charge in [0, 0.05) is 19.1 Å². The van der Waals surface area contributed by atoms with Crippen molar-refractivity contribution < 1.29 is 17.2 Å². The Morgan fingerprint density at radius 3 is 2.33 bits per heavy atom. The summed E-state index contributed by atoms with van der Waals surface area (Å²) in [7, 11) is -4.59. The quantitative estimate of drug-likeness (QED) is 0.925. The first-order chi connectivity index (χ1) is 9.84. The number of para-hydroxylation sites is 1. The van der Waals surface area contributed by atoms with E-state index in [0.29, 0.717) is 24.7 Å². The number of rotatable bonds is 4. The first kappa shape index (κ1) is 16.2. The Labute approximate surface area is 123 Å². The van der Waals surface area contributed by atoms with Crippen molar-refractivity contribution in [2.75, 3.05) is 18.0 Å². The van der Waals surface area contributed by atoms with Gasteiger partial charge in [-0.2, -0.15) is 8.78 Å². The Morgan fingerprint density at radius 1 is 1.24 bits per heavy atom. The highest BCUT2D eigenvalue weighted by atomic mass is 32.2. The minimum Gasteiger partial charge on any atom is -0.370 e. The van der Waals surface area contributed by atoms with Crippen molar-refractivity contribution in [2.45, 2.75) is 36.5 Å². The van der Waals surface area contributed by atoms with Gasteiger partial charge >= 0.3 is 5.76 Å². The van der Waals surface area contributed by atoms with Crippen LogP contribution in [-0.4, -0.2) is 33.3 Å². The maximum Gasteiger partial charge on any atom is 0.341 e. The zero-order valence-corrected chi connectivity index (χ0v) is 12.7. The summed E-state index contributed by atoms with van der Waals surface area (Å²) in [4.78, 5) is 1.56. The molecule has 1 saturated heterocycles. The second-order valence-corrected chi connectivity index (χ2v) is 7.34. The standard InChI is InChI=1S/C14H20F2N2O2S/c1-10(17)11-6-8-18(9-7-11)12-4-2-3-5-13(12)21(19,20)14(15)16/h2-5,10-11,14H,6-9,17H2,1H3. The molecule has 7 heteroatoms. The number of alkyl halides is 2. The van der Waals surface area contributed by atoms with Crippen molar-refractivity contribution in [3.05, 3.63) is 24.3 Å². The molecule has 0 spiro atoms. The van der Waals surface area contributed by atoms with Crippen LogP contribution in [-0.2, 0) is 9.84 Å². The third-order valence-corrected chi connectivity index (χ3v) is 5.46. The molecule has 1 aliphatic rings. The van der Waals surface area contributed by atoms with Crippen molar-refractivity contribution in [2.24, 2.45) is 11.7 Å². The van der Waals surface area contributed by atoms with E-state index in [9.17, 15) is 17.2 Å². The molecule has 1 aliphatic heterocycles. The predicted octanol–water partition coefficient (Wildman–Crippen LogP) is 2.25. The molecule has 4 nitrogen and oxygen atoms in total. The van der Waals surface area contributed by atoms with E-state index in [1.54, 1.807) is 12.1 Å². The summed E-state index contributed by atoms with van der Waals surface area (Å²) < 4.78 is 49.1. The van der Waals surface area contributed by atoms with E-state index in [1.807, 2.05) is 11.8 Å². The molecule has 1 unspecified atom stereocenters. The maximum absolute atomic E-state index is 12.8. The molecule has 1 aromatic rings. The number of nitrogens with zero attached hydrogens (tertiary/aromatic N) is 1. The fourth-order valence-electron chi connectivity index (χ4n) is 2.72. The van der Waals surface area contributed by atoms with Crippen molar-refractivity contribution in [3.8, 4) is 0 Å². The van der Waals surface area contributed by atoms with Crippen LogP contribution in [0.3, 0.4) is 0 Å². The number of hydrogen-bond donors (Lipinski definition) is 1.